The predicted molar refractivity (Wildman–Crippen MR) is 86.1 cm³/mol. The molecule has 1 saturated heterocycles. The van der Waals surface area contributed by atoms with Gasteiger partial charge in [-0.3, -0.25) is 0 Å². The van der Waals surface area contributed by atoms with Gasteiger partial charge in [0.15, 0.2) is 19.7 Å². The summed E-state index contributed by atoms with van der Waals surface area (Å²) in [6, 6.07) is 4.67. The van der Waals surface area contributed by atoms with Gasteiger partial charge in [0.1, 0.15) is 0 Å². The molecule has 130 valence electrons. The fourth-order valence-corrected chi connectivity index (χ4v) is 8.17. The van der Waals surface area contributed by atoms with Crippen molar-refractivity contribution in [3.8, 4) is 0 Å². The monoisotopic (exact) mass is 381 g/mol. The fourth-order valence-electron chi connectivity index (χ4n) is 2.39. The number of hydrogen-bond donors (Lipinski definition) is 1. The van der Waals surface area contributed by atoms with Crippen LogP contribution in [0, 0.1) is 0 Å². The Morgan fingerprint density at radius 3 is 2.26 bits per heavy atom. The molecule has 1 heterocycles. The summed E-state index contributed by atoms with van der Waals surface area (Å²) in [6.45, 7) is 3.31. The summed E-state index contributed by atoms with van der Waals surface area (Å²) < 4.78 is 74.7. The van der Waals surface area contributed by atoms with Crippen LogP contribution in [-0.4, -0.2) is 48.1 Å². The molecule has 0 radical (unpaired) electrons. The highest BCUT2D eigenvalue weighted by Crippen LogP contribution is 2.26. The van der Waals surface area contributed by atoms with Gasteiger partial charge in [-0.25, -0.2) is 30.0 Å². The van der Waals surface area contributed by atoms with E-state index in [9.17, 15) is 25.3 Å². The number of nitrogens with one attached hydrogen (secondary N) is 1. The Labute approximate surface area is 137 Å². The third-order valence-corrected chi connectivity index (χ3v) is 9.29. The van der Waals surface area contributed by atoms with Gasteiger partial charge in [0.05, 0.1) is 26.5 Å². The number of rotatable bonds is 5. The average Bonchev–Trinajstić information content (AvgIpc) is 2.78. The molecule has 1 aromatic carbocycles. The lowest BCUT2D eigenvalue weighted by Crippen LogP contribution is -2.30. The minimum Gasteiger partial charge on any atom is -0.229 e. The van der Waals surface area contributed by atoms with Crippen LogP contribution in [0.25, 0.3) is 0 Å². The smallest absolute Gasteiger partial charge is 0.229 e. The highest BCUT2D eigenvalue weighted by molar-refractivity contribution is 7.96. The first-order valence-electron chi connectivity index (χ1n) is 7.01. The summed E-state index contributed by atoms with van der Waals surface area (Å²) in [6.07, 6.45) is 0.0336. The molecular weight excluding hydrogens is 362 g/mol. The molecule has 0 aliphatic carbocycles. The van der Waals surface area contributed by atoms with Crippen LogP contribution < -0.4 is 4.72 Å². The zero-order valence-corrected chi connectivity index (χ0v) is 15.2. The van der Waals surface area contributed by atoms with Gasteiger partial charge < -0.3 is 0 Å². The molecule has 1 unspecified atom stereocenters. The van der Waals surface area contributed by atoms with E-state index in [0.717, 1.165) is 6.07 Å². The third kappa shape index (κ3) is 4.11. The Hall–Kier alpha value is -0.970. The van der Waals surface area contributed by atoms with E-state index in [1.54, 1.807) is 13.8 Å². The van der Waals surface area contributed by atoms with E-state index in [4.69, 9.17) is 0 Å². The Balaban J connectivity index is 2.40. The molecule has 23 heavy (non-hydrogen) atoms. The van der Waals surface area contributed by atoms with E-state index in [1.165, 1.54) is 18.2 Å². The summed E-state index contributed by atoms with van der Waals surface area (Å²) in [7, 11) is -11.1. The van der Waals surface area contributed by atoms with Crippen LogP contribution in [0.5, 0.6) is 0 Å². The molecule has 0 spiro atoms. The average molecular weight is 381 g/mol. The summed E-state index contributed by atoms with van der Waals surface area (Å²) >= 11 is 0. The minimum atomic E-state index is -3.89. The quantitative estimate of drug-likeness (QED) is 0.786. The third-order valence-electron chi connectivity index (χ3n) is 3.46. The van der Waals surface area contributed by atoms with E-state index in [-0.39, 0.29) is 28.0 Å². The molecule has 1 aromatic rings. The van der Waals surface area contributed by atoms with Crippen molar-refractivity contribution in [2.75, 3.05) is 11.5 Å². The molecule has 0 bridgehead atoms. The van der Waals surface area contributed by atoms with Gasteiger partial charge in [-0.15, -0.1) is 0 Å². The van der Waals surface area contributed by atoms with Crippen molar-refractivity contribution in [3.05, 3.63) is 24.3 Å². The van der Waals surface area contributed by atoms with Crippen molar-refractivity contribution in [3.63, 3.8) is 0 Å². The molecule has 7 nitrogen and oxygen atoms in total. The van der Waals surface area contributed by atoms with Crippen molar-refractivity contribution in [2.45, 2.75) is 41.4 Å². The Morgan fingerprint density at radius 1 is 1.13 bits per heavy atom. The van der Waals surface area contributed by atoms with Gasteiger partial charge in [-0.1, -0.05) is 6.07 Å². The van der Waals surface area contributed by atoms with Gasteiger partial charge in [0, 0.05) is 6.04 Å². The van der Waals surface area contributed by atoms with Gasteiger partial charge >= 0.3 is 0 Å². The molecule has 0 saturated carbocycles. The predicted octanol–water partition coefficient (Wildman–Crippen LogP) is 0.334. The van der Waals surface area contributed by atoms with Gasteiger partial charge in [-0.2, -0.15) is 0 Å². The van der Waals surface area contributed by atoms with Gasteiger partial charge in [-0.05, 0) is 38.5 Å². The number of sulfone groups is 2. The van der Waals surface area contributed by atoms with E-state index in [1.807, 2.05) is 0 Å². The maximum absolute atomic E-state index is 12.5. The zero-order valence-electron chi connectivity index (χ0n) is 12.8. The Bertz CT molecular complexity index is 901. The molecule has 0 amide bonds. The molecular formula is C13H19NO6S3. The van der Waals surface area contributed by atoms with E-state index < -0.39 is 40.7 Å². The summed E-state index contributed by atoms with van der Waals surface area (Å²) in [5.74, 6) is -0.583. The second-order valence-electron chi connectivity index (χ2n) is 5.82. The first kappa shape index (κ1) is 18.4. The maximum atomic E-state index is 12.5. The van der Waals surface area contributed by atoms with Crippen LogP contribution in [-0.2, 0) is 29.7 Å². The van der Waals surface area contributed by atoms with Crippen LogP contribution >= 0.6 is 0 Å². The van der Waals surface area contributed by atoms with Crippen LogP contribution in [0.15, 0.2) is 34.1 Å². The van der Waals surface area contributed by atoms with Gasteiger partial charge in [0.2, 0.25) is 10.0 Å². The lowest BCUT2D eigenvalue weighted by Gasteiger charge is -2.13. The molecule has 1 aliphatic rings. The summed E-state index contributed by atoms with van der Waals surface area (Å²) in [5.41, 5.74) is 0. The maximum Gasteiger partial charge on any atom is 0.240 e. The van der Waals surface area contributed by atoms with Crippen molar-refractivity contribution < 1.29 is 25.3 Å². The van der Waals surface area contributed by atoms with Crippen molar-refractivity contribution in [1.82, 2.24) is 4.72 Å². The summed E-state index contributed by atoms with van der Waals surface area (Å²) in [5, 5.41) is -1.02. The van der Waals surface area contributed by atoms with Crippen LogP contribution in [0.2, 0.25) is 0 Å². The second kappa shape index (κ2) is 6.15. The standard InChI is InChI=1S/C13H19NO6S3/c1-10(2)14-23(19,20)12-5-3-4-11(8-12)22(17,18)13-6-7-21(15,16)9-13/h3-5,8,10,13-14H,6-7,9H2,1-2H3. The molecule has 2 rings (SSSR count). The highest BCUT2D eigenvalue weighted by atomic mass is 32.2. The number of sulfonamides is 1. The molecule has 0 aromatic heterocycles. The first-order chi connectivity index (χ1) is 10.4. The fraction of sp³-hybridized carbons (Fsp3) is 0.538. The van der Waals surface area contributed by atoms with E-state index >= 15 is 0 Å². The van der Waals surface area contributed by atoms with E-state index in [2.05, 4.69) is 4.72 Å². The van der Waals surface area contributed by atoms with Crippen molar-refractivity contribution in [1.29, 1.82) is 0 Å². The number of hydrogen-bond acceptors (Lipinski definition) is 6. The van der Waals surface area contributed by atoms with Crippen molar-refractivity contribution >= 4 is 29.7 Å². The lowest BCUT2D eigenvalue weighted by molar-refractivity contribution is 0.569. The van der Waals surface area contributed by atoms with Gasteiger partial charge in [0.25, 0.3) is 0 Å². The largest absolute Gasteiger partial charge is 0.240 e. The van der Waals surface area contributed by atoms with Crippen LogP contribution in [0.3, 0.4) is 0 Å². The minimum absolute atomic E-state index is 0.0336. The second-order valence-corrected chi connectivity index (χ2v) is 12.0. The summed E-state index contributed by atoms with van der Waals surface area (Å²) in [4.78, 5) is -0.334. The number of benzene rings is 1. The van der Waals surface area contributed by atoms with Crippen molar-refractivity contribution in [2.24, 2.45) is 0 Å². The molecule has 10 heteroatoms. The van der Waals surface area contributed by atoms with E-state index in [0.29, 0.717) is 0 Å². The topological polar surface area (TPSA) is 114 Å². The normalized spacial score (nSPS) is 21.6. The first-order valence-corrected chi connectivity index (χ1v) is 11.9. The molecule has 1 aliphatic heterocycles. The molecule has 1 N–H and O–H groups in total. The Morgan fingerprint density at radius 2 is 1.74 bits per heavy atom. The zero-order chi connectivity index (χ0) is 17.5. The molecule has 1 fully saturated rings. The SMILES string of the molecule is CC(C)NS(=O)(=O)c1cccc(S(=O)(=O)C2CCS(=O)(=O)C2)c1. The molecule has 1 atom stereocenters. The van der Waals surface area contributed by atoms with Crippen LogP contribution in [0.4, 0.5) is 0 Å². The Kier molecular flexibility index (Phi) is 4.91. The van der Waals surface area contributed by atoms with Crippen LogP contribution in [0.1, 0.15) is 20.3 Å². The highest BCUT2D eigenvalue weighted by Gasteiger charge is 2.38. The lowest BCUT2D eigenvalue weighted by atomic mass is 10.4.